The molecular formula is C9H6F4O. The van der Waals surface area contributed by atoms with E-state index < -0.39 is 23.7 Å². The summed E-state index contributed by atoms with van der Waals surface area (Å²) < 4.78 is 54.4. The van der Waals surface area contributed by atoms with E-state index in [1.54, 1.807) is 0 Å². The van der Waals surface area contributed by atoms with Gasteiger partial charge < -0.3 is 4.74 Å². The van der Waals surface area contributed by atoms with E-state index in [1.165, 1.54) is 0 Å². The summed E-state index contributed by atoms with van der Waals surface area (Å²) in [6.07, 6.45) is -4.94. The zero-order chi connectivity index (χ0) is 10.3. The van der Waals surface area contributed by atoms with Gasteiger partial charge in [-0.2, -0.15) is 13.2 Å². The zero-order valence-corrected chi connectivity index (χ0v) is 6.94. The highest BCUT2D eigenvalue weighted by atomic mass is 19.4. The Kier molecular flexibility index (Phi) is 1.99. The van der Waals surface area contributed by atoms with Crippen LogP contribution in [0.1, 0.15) is 17.2 Å². The first kappa shape index (κ1) is 9.45. The van der Waals surface area contributed by atoms with Crippen LogP contribution in [-0.4, -0.2) is 6.61 Å². The average molecular weight is 206 g/mol. The van der Waals surface area contributed by atoms with Gasteiger partial charge in [0.25, 0.3) is 0 Å². The third kappa shape index (κ3) is 1.72. The van der Waals surface area contributed by atoms with Crippen LogP contribution in [0.3, 0.4) is 0 Å². The summed E-state index contributed by atoms with van der Waals surface area (Å²) in [4.78, 5) is 0. The fourth-order valence-electron chi connectivity index (χ4n) is 1.19. The van der Waals surface area contributed by atoms with Crippen LogP contribution < -0.4 is 0 Å². The van der Waals surface area contributed by atoms with Crippen LogP contribution in [0.4, 0.5) is 17.6 Å². The van der Waals surface area contributed by atoms with Crippen LogP contribution in [0.2, 0.25) is 0 Å². The van der Waals surface area contributed by atoms with Crippen molar-refractivity contribution in [2.45, 2.75) is 12.3 Å². The molecule has 1 aromatic rings. The van der Waals surface area contributed by atoms with E-state index in [1.807, 2.05) is 0 Å². The van der Waals surface area contributed by atoms with E-state index in [0.29, 0.717) is 0 Å². The van der Waals surface area contributed by atoms with E-state index in [2.05, 4.69) is 0 Å². The first-order valence-electron chi connectivity index (χ1n) is 3.97. The molecule has 0 unspecified atom stereocenters. The largest absolute Gasteiger partial charge is 0.416 e. The minimum absolute atomic E-state index is 0.0141. The first-order chi connectivity index (χ1) is 6.48. The molecule has 0 spiro atoms. The van der Waals surface area contributed by atoms with Gasteiger partial charge in [0.1, 0.15) is 11.9 Å². The normalized spacial score (nSPS) is 21.0. The molecule has 1 aromatic carbocycles. The molecule has 2 rings (SSSR count). The predicted octanol–water partition coefficient (Wildman–Crippen LogP) is 2.92. The molecule has 1 aliphatic rings. The van der Waals surface area contributed by atoms with E-state index >= 15 is 0 Å². The van der Waals surface area contributed by atoms with Crippen molar-refractivity contribution in [2.75, 3.05) is 6.61 Å². The fourth-order valence-corrected chi connectivity index (χ4v) is 1.19. The molecule has 1 fully saturated rings. The lowest BCUT2D eigenvalue weighted by Gasteiger charge is -2.08. The zero-order valence-electron chi connectivity index (χ0n) is 6.94. The fraction of sp³-hybridized carbons (Fsp3) is 0.333. The van der Waals surface area contributed by atoms with Crippen LogP contribution in [0.5, 0.6) is 0 Å². The summed E-state index contributed by atoms with van der Waals surface area (Å²) >= 11 is 0. The molecule has 1 aliphatic heterocycles. The van der Waals surface area contributed by atoms with Crippen LogP contribution in [0.25, 0.3) is 0 Å². The Morgan fingerprint density at radius 2 is 1.93 bits per heavy atom. The van der Waals surface area contributed by atoms with Crippen LogP contribution in [0, 0.1) is 5.82 Å². The second kappa shape index (κ2) is 2.95. The molecule has 0 N–H and O–H groups in total. The number of alkyl halides is 3. The summed E-state index contributed by atoms with van der Waals surface area (Å²) in [6, 6.07) is 2.34. The van der Waals surface area contributed by atoms with Gasteiger partial charge in [-0.25, -0.2) is 4.39 Å². The third-order valence-corrected chi connectivity index (χ3v) is 2.00. The maximum Gasteiger partial charge on any atom is 0.416 e. The number of benzene rings is 1. The molecular weight excluding hydrogens is 200 g/mol. The number of ether oxygens (including phenoxy) is 1. The molecule has 0 bridgehead atoms. The Balaban J connectivity index is 2.40. The quantitative estimate of drug-likeness (QED) is 0.508. The van der Waals surface area contributed by atoms with E-state index in [0.717, 1.165) is 18.2 Å². The van der Waals surface area contributed by atoms with Crippen molar-refractivity contribution in [1.82, 2.24) is 0 Å². The molecule has 1 saturated heterocycles. The molecule has 14 heavy (non-hydrogen) atoms. The molecule has 76 valence electrons. The predicted molar refractivity (Wildman–Crippen MR) is 40.1 cm³/mol. The smallest absolute Gasteiger partial charge is 0.368 e. The third-order valence-electron chi connectivity index (χ3n) is 2.00. The Hall–Kier alpha value is -1.10. The van der Waals surface area contributed by atoms with Crippen LogP contribution in [-0.2, 0) is 10.9 Å². The lowest BCUT2D eigenvalue weighted by molar-refractivity contribution is -0.137. The van der Waals surface area contributed by atoms with Gasteiger partial charge in [-0.1, -0.05) is 0 Å². The Morgan fingerprint density at radius 1 is 1.29 bits per heavy atom. The van der Waals surface area contributed by atoms with Crippen molar-refractivity contribution in [3.8, 4) is 0 Å². The highest BCUT2D eigenvalue weighted by Gasteiger charge is 2.34. The van der Waals surface area contributed by atoms with Gasteiger partial charge in [0, 0.05) is 5.56 Å². The van der Waals surface area contributed by atoms with E-state index in [-0.39, 0.29) is 12.2 Å². The molecule has 0 aliphatic carbocycles. The number of hydrogen-bond acceptors (Lipinski definition) is 1. The standard InChI is InChI=1S/C9H6F4O/c10-7-2-1-5(9(11,12)13)3-6(7)8-4-14-8/h1-3,8H,4H2/t8-/m0/s1. The summed E-state index contributed by atoms with van der Waals surface area (Å²) in [7, 11) is 0. The van der Waals surface area contributed by atoms with Crippen molar-refractivity contribution in [3.63, 3.8) is 0 Å². The molecule has 0 aromatic heterocycles. The highest BCUT2D eigenvalue weighted by Crippen LogP contribution is 2.36. The van der Waals surface area contributed by atoms with Gasteiger partial charge in [0.05, 0.1) is 12.2 Å². The van der Waals surface area contributed by atoms with Gasteiger partial charge >= 0.3 is 6.18 Å². The van der Waals surface area contributed by atoms with Gasteiger partial charge in [-0.3, -0.25) is 0 Å². The van der Waals surface area contributed by atoms with Gasteiger partial charge in [0.2, 0.25) is 0 Å². The minimum Gasteiger partial charge on any atom is -0.368 e. The average Bonchev–Trinajstić information content (AvgIpc) is 2.85. The van der Waals surface area contributed by atoms with Gasteiger partial charge in [-0.05, 0) is 18.2 Å². The summed E-state index contributed by atoms with van der Waals surface area (Å²) in [6.45, 7) is 0.290. The minimum atomic E-state index is -4.43. The number of hydrogen-bond donors (Lipinski definition) is 0. The monoisotopic (exact) mass is 206 g/mol. The molecule has 5 heteroatoms. The maximum absolute atomic E-state index is 13.0. The lowest BCUT2D eigenvalue weighted by Crippen LogP contribution is -2.06. The molecule has 1 nitrogen and oxygen atoms in total. The Bertz CT molecular complexity index is 354. The lowest BCUT2D eigenvalue weighted by atomic mass is 10.1. The van der Waals surface area contributed by atoms with Crippen molar-refractivity contribution < 1.29 is 22.3 Å². The van der Waals surface area contributed by atoms with E-state index in [9.17, 15) is 17.6 Å². The molecule has 1 heterocycles. The van der Waals surface area contributed by atoms with Crippen LogP contribution in [0.15, 0.2) is 18.2 Å². The number of epoxide rings is 1. The summed E-state index contributed by atoms with van der Waals surface area (Å²) in [5.74, 6) is -0.652. The molecule has 0 saturated carbocycles. The second-order valence-corrected chi connectivity index (χ2v) is 3.06. The maximum atomic E-state index is 13.0. The summed E-state index contributed by atoms with van der Waals surface area (Å²) in [5.41, 5.74) is -0.857. The molecule has 0 radical (unpaired) electrons. The Labute approximate surface area is 77.3 Å². The Morgan fingerprint density at radius 3 is 2.43 bits per heavy atom. The van der Waals surface area contributed by atoms with Crippen molar-refractivity contribution in [3.05, 3.63) is 35.1 Å². The van der Waals surface area contributed by atoms with Crippen molar-refractivity contribution >= 4 is 0 Å². The number of rotatable bonds is 1. The highest BCUT2D eigenvalue weighted by molar-refractivity contribution is 5.30. The van der Waals surface area contributed by atoms with Crippen LogP contribution >= 0.6 is 0 Å². The summed E-state index contributed by atoms with van der Waals surface area (Å²) in [5, 5.41) is 0. The van der Waals surface area contributed by atoms with Gasteiger partial charge in [-0.15, -0.1) is 0 Å². The topological polar surface area (TPSA) is 12.5 Å². The first-order valence-corrected chi connectivity index (χ1v) is 3.97. The SMILES string of the molecule is Fc1ccc(C(F)(F)F)cc1[C@@H]1CO1. The molecule has 0 amide bonds. The number of halogens is 4. The second-order valence-electron chi connectivity index (χ2n) is 3.06. The van der Waals surface area contributed by atoms with Crippen molar-refractivity contribution in [2.24, 2.45) is 0 Å². The van der Waals surface area contributed by atoms with E-state index in [4.69, 9.17) is 4.74 Å². The molecule has 1 atom stereocenters. The van der Waals surface area contributed by atoms with Crippen molar-refractivity contribution in [1.29, 1.82) is 0 Å². The van der Waals surface area contributed by atoms with Gasteiger partial charge in [0.15, 0.2) is 0 Å².